The number of guanidine groups is 1. The lowest BCUT2D eigenvalue weighted by Crippen LogP contribution is -2.36. The third kappa shape index (κ3) is 8.00. The molecule has 1 atom stereocenters. The summed E-state index contributed by atoms with van der Waals surface area (Å²) in [5.41, 5.74) is 3.16. The van der Waals surface area contributed by atoms with Crippen molar-refractivity contribution in [2.24, 2.45) is 4.99 Å². The van der Waals surface area contributed by atoms with Crippen LogP contribution in [0, 0.1) is 12.7 Å². The number of hydrogen-bond donors (Lipinski definition) is 3. The molecule has 2 rings (SSSR count). The fourth-order valence-electron chi connectivity index (χ4n) is 2.52. The quantitative estimate of drug-likeness (QED) is 0.297. The third-order valence-corrected chi connectivity index (χ3v) is 4.59. The minimum Gasteiger partial charge on any atom is -0.352 e. The van der Waals surface area contributed by atoms with Gasteiger partial charge in [-0.1, -0.05) is 31.2 Å². The first-order chi connectivity index (χ1) is 13.4. The zero-order valence-corrected chi connectivity index (χ0v) is 19.7. The van der Waals surface area contributed by atoms with Gasteiger partial charge >= 0.3 is 0 Å². The number of amides is 1. The fraction of sp³-hybridized carbons (Fsp3) is 0.364. The summed E-state index contributed by atoms with van der Waals surface area (Å²) in [6, 6.07) is 12.8. The molecule has 0 saturated carbocycles. The highest BCUT2D eigenvalue weighted by molar-refractivity contribution is 14.0. The Balaban J connectivity index is 0.00000420. The van der Waals surface area contributed by atoms with Crippen LogP contribution >= 0.6 is 24.0 Å². The van der Waals surface area contributed by atoms with Crippen LogP contribution in [0.2, 0.25) is 0 Å². The molecule has 0 spiro atoms. The molecular formula is C22H30FIN4O. The molecule has 0 fully saturated rings. The summed E-state index contributed by atoms with van der Waals surface area (Å²) in [7, 11) is 1.69. The van der Waals surface area contributed by atoms with Gasteiger partial charge in [0.1, 0.15) is 5.82 Å². The van der Waals surface area contributed by atoms with E-state index < -0.39 is 0 Å². The number of nitrogens with one attached hydrogen (secondary N) is 3. The number of rotatable bonds is 7. The van der Waals surface area contributed by atoms with Crippen molar-refractivity contribution in [3.63, 3.8) is 0 Å². The summed E-state index contributed by atoms with van der Waals surface area (Å²) >= 11 is 0. The Morgan fingerprint density at radius 1 is 1.07 bits per heavy atom. The average molecular weight is 512 g/mol. The number of hydrogen-bond acceptors (Lipinski definition) is 2. The lowest BCUT2D eigenvalue weighted by atomic mass is 10.1. The predicted octanol–water partition coefficient (Wildman–Crippen LogP) is 4.15. The van der Waals surface area contributed by atoms with E-state index in [0.717, 1.165) is 17.5 Å². The van der Waals surface area contributed by atoms with Crippen molar-refractivity contribution in [2.75, 3.05) is 7.05 Å². The Morgan fingerprint density at radius 3 is 2.21 bits per heavy atom. The molecule has 0 aliphatic carbocycles. The molecule has 0 aliphatic heterocycles. The Morgan fingerprint density at radius 2 is 1.66 bits per heavy atom. The standard InChI is InChI=1S/C22H29FN4O.HI/c1-5-16(3)27-21(28)19-10-8-17(9-11-19)13-25-22(24-4)26-14-18-7-6-15(2)20(23)12-18;/h6-12,16H,5,13-14H2,1-4H3,(H,27,28)(H2,24,25,26);1H. The van der Waals surface area contributed by atoms with Gasteiger partial charge in [0, 0.05) is 31.7 Å². The summed E-state index contributed by atoms with van der Waals surface area (Å²) in [4.78, 5) is 16.3. The Bertz CT molecular complexity index is 824. The van der Waals surface area contributed by atoms with Crippen LogP contribution in [0.3, 0.4) is 0 Å². The highest BCUT2D eigenvalue weighted by Gasteiger charge is 2.08. The van der Waals surface area contributed by atoms with Crippen molar-refractivity contribution in [3.05, 3.63) is 70.5 Å². The van der Waals surface area contributed by atoms with Crippen molar-refractivity contribution >= 4 is 35.8 Å². The molecule has 0 heterocycles. The first-order valence-corrected chi connectivity index (χ1v) is 9.52. The lowest BCUT2D eigenvalue weighted by Gasteiger charge is -2.13. The van der Waals surface area contributed by atoms with Gasteiger partial charge in [-0.25, -0.2) is 4.39 Å². The Kier molecular flexibility index (Phi) is 10.6. The molecule has 0 radical (unpaired) electrons. The van der Waals surface area contributed by atoms with Crippen LogP contribution in [-0.2, 0) is 13.1 Å². The van der Waals surface area contributed by atoms with Gasteiger partial charge in [0.15, 0.2) is 5.96 Å². The van der Waals surface area contributed by atoms with E-state index in [1.807, 2.05) is 44.2 Å². The minimum atomic E-state index is -0.209. The Hall–Kier alpha value is -2.16. The summed E-state index contributed by atoms with van der Waals surface area (Å²) < 4.78 is 13.6. The molecule has 2 aromatic carbocycles. The molecule has 0 aliphatic rings. The van der Waals surface area contributed by atoms with Gasteiger partial charge in [-0.15, -0.1) is 24.0 Å². The molecule has 7 heteroatoms. The van der Waals surface area contributed by atoms with Crippen LogP contribution in [0.25, 0.3) is 0 Å². The predicted molar refractivity (Wildman–Crippen MR) is 127 cm³/mol. The summed E-state index contributed by atoms with van der Waals surface area (Å²) in [6.45, 7) is 6.81. The molecule has 1 amide bonds. The summed E-state index contributed by atoms with van der Waals surface area (Å²) in [5.74, 6) is 0.357. The molecule has 29 heavy (non-hydrogen) atoms. The van der Waals surface area contributed by atoms with Gasteiger partial charge in [-0.3, -0.25) is 9.79 Å². The number of carbonyl (C=O) groups excluding carboxylic acids is 1. The van der Waals surface area contributed by atoms with Crippen molar-refractivity contribution in [1.82, 2.24) is 16.0 Å². The van der Waals surface area contributed by atoms with E-state index in [1.165, 1.54) is 6.07 Å². The molecule has 158 valence electrons. The van der Waals surface area contributed by atoms with Gasteiger partial charge in [0.2, 0.25) is 0 Å². The number of nitrogens with zero attached hydrogens (tertiary/aromatic N) is 1. The highest BCUT2D eigenvalue weighted by atomic mass is 127. The van der Waals surface area contributed by atoms with Crippen molar-refractivity contribution < 1.29 is 9.18 Å². The third-order valence-electron chi connectivity index (χ3n) is 4.59. The number of halogens is 2. The van der Waals surface area contributed by atoms with Crippen LogP contribution in [0.4, 0.5) is 4.39 Å². The maximum atomic E-state index is 13.6. The highest BCUT2D eigenvalue weighted by Crippen LogP contribution is 2.09. The van der Waals surface area contributed by atoms with Gasteiger partial charge in [0.05, 0.1) is 0 Å². The van der Waals surface area contributed by atoms with Crippen LogP contribution in [0.15, 0.2) is 47.5 Å². The second-order valence-electron chi connectivity index (χ2n) is 6.84. The maximum absolute atomic E-state index is 13.6. The van der Waals surface area contributed by atoms with E-state index in [4.69, 9.17) is 0 Å². The first-order valence-electron chi connectivity index (χ1n) is 9.52. The van der Waals surface area contributed by atoms with Gasteiger partial charge < -0.3 is 16.0 Å². The molecule has 2 aromatic rings. The largest absolute Gasteiger partial charge is 0.352 e. The van der Waals surface area contributed by atoms with Gasteiger partial charge in [-0.2, -0.15) is 0 Å². The van der Waals surface area contributed by atoms with Crippen LogP contribution in [0.1, 0.15) is 47.3 Å². The van der Waals surface area contributed by atoms with Crippen LogP contribution in [-0.4, -0.2) is 25.0 Å². The van der Waals surface area contributed by atoms with E-state index in [2.05, 4.69) is 20.9 Å². The van der Waals surface area contributed by atoms with Gasteiger partial charge in [0.25, 0.3) is 5.91 Å². The zero-order chi connectivity index (χ0) is 20.5. The molecular weight excluding hydrogens is 482 g/mol. The topological polar surface area (TPSA) is 65.5 Å². The molecule has 0 bridgehead atoms. The Labute approximate surface area is 189 Å². The van der Waals surface area contributed by atoms with Crippen molar-refractivity contribution in [2.45, 2.75) is 46.3 Å². The van der Waals surface area contributed by atoms with Crippen molar-refractivity contribution in [1.29, 1.82) is 0 Å². The van der Waals surface area contributed by atoms with Crippen LogP contribution in [0.5, 0.6) is 0 Å². The summed E-state index contributed by atoms with van der Waals surface area (Å²) in [6.07, 6.45) is 0.898. The fourth-order valence-corrected chi connectivity index (χ4v) is 2.52. The first kappa shape index (κ1) is 24.9. The normalized spacial score (nSPS) is 12.0. The second kappa shape index (κ2) is 12.4. The monoisotopic (exact) mass is 512 g/mol. The maximum Gasteiger partial charge on any atom is 0.251 e. The number of carbonyl (C=O) groups is 1. The van der Waals surface area contributed by atoms with E-state index in [1.54, 1.807) is 20.0 Å². The molecule has 1 unspecified atom stereocenters. The van der Waals surface area contributed by atoms with E-state index in [0.29, 0.717) is 30.2 Å². The molecule has 0 saturated heterocycles. The lowest BCUT2D eigenvalue weighted by molar-refractivity contribution is 0.0939. The number of aliphatic imine (C=N–C) groups is 1. The van der Waals surface area contributed by atoms with E-state index in [-0.39, 0.29) is 41.7 Å². The second-order valence-corrected chi connectivity index (χ2v) is 6.84. The number of benzene rings is 2. The zero-order valence-electron chi connectivity index (χ0n) is 17.4. The number of aryl methyl sites for hydroxylation is 1. The van der Waals surface area contributed by atoms with Gasteiger partial charge in [-0.05, 0) is 55.2 Å². The summed E-state index contributed by atoms with van der Waals surface area (Å²) in [5, 5.41) is 9.34. The molecule has 5 nitrogen and oxygen atoms in total. The minimum absolute atomic E-state index is 0. The van der Waals surface area contributed by atoms with Crippen molar-refractivity contribution in [3.8, 4) is 0 Å². The average Bonchev–Trinajstić information content (AvgIpc) is 2.70. The molecule has 0 aromatic heterocycles. The van der Waals surface area contributed by atoms with Crippen LogP contribution < -0.4 is 16.0 Å². The van der Waals surface area contributed by atoms with E-state index >= 15 is 0 Å². The SMILES string of the molecule is CCC(C)NC(=O)c1ccc(CNC(=NC)NCc2ccc(C)c(F)c2)cc1.I. The van der Waals surface area contributed by atoms with E-state index in [9.17, 15) is 9.18 Å². The smallest absolute Gasteiger partial charge is 0.251 e. The molecule has 3 N–H and O–H groups in total.